The van der Waals surface area contributed by atoms with Crippen LogP contribution in [-0.4, -0.2) is 24.4 Å². The van der Waals surface area contributed by atoms with Crippen molar-refractivity contribution in [3.8, 4) is 0 Å². The Morgan fingerprint density at radius 1 is 1.59 bits per heavy atom. The van der Waals surface area contributed by atoms with Crippen LogP contribution >= 0.6 is 15.9 Å². The summed E-state index contributed by atoms with van der Waals surface area (Å²) in [6.07, 6.45) is 1.03. The summed E-state index contributed by atoms with van der Waals surface area (Å²) >= 11 is 3.64. The SMILES string of the molecule is CCC(Br)C(C)c1cc2n[nH]c(=O)n2c(C)n1. The number of H-pyrrole nitrogens is 1. The molecule has 0 spiro atoms. The molecule has 1 N–H and O–H groups in total. The van der Waals surface area contributed by atoms with Crippen LogP contribution in [0.4, 0.5) is 0 Å². The van der Waals surface area contributed by atoms with Gasteiger partial charge in [0, 0.05) is 16.8 Å². The van der Waals surface area contributed by atoms with Crippen LogP contribution in [0.5, 0.6) is 0 Å². The summed E-state index contributed by atoms with van der Waals surface area (Å²) in [5.41, 5.74) is 1.34. The molecule has 2 heterocycles. The Balaban J connectivity index is 2.54. The quantitative estimate of drug-likeness (QED) is 0.882. The average Bonchev–Trinajstić information content (AvgIpc) is 2.69. The summed E-state index contributed by atoms with van der Waals surface area (Å²) < 4.78 is 1.48. The fourth-order valence-corrected chi connectivity index (χ4v) is 2.16. The maximum atomic E-state index is 11.5. The second-order valence-corrected chi connectivity index (χ2v) is 5.34. The Bertz CT molecular complexity index is 589. The number of aromatic amines is 1. The largest absolute Gasteiger partial charge is 0.349 e. The van der Waals surface area contributed by atoms with Gasteiger partial charge in [-0.3, -0.25) is 0 Å². The minimum Gasteiger partial charge on any atom is -0.246 e. The zero-order valence-corrected chi connectivity index (χ0v) is 11.7. The average molecular weight is 299 g/mol. The zero-order chi connectivity index (χ0) is 12.6. The van der Waals surface area contributed by atoms with Crippen LogP contribution in [0.15, 0.2) is 10.9 Å². The van der Waals surface area contributed by atoms with E-state index < -0.39 is 0 Å². The van der Waals surface area contributed by atoms with Crippen molar-refractivity contribution >= 4 is 21.6 Å². The van der Waals surface area contributed by atoms with E-state index in [2.05, 4.69) is 45.0 Å². The van der Waals surface area contributed by atoms with Gasteiger partial charge < -0.3 is 0 Å². The molecule has 0 aromatic carbocycles. The van der Waals surface area contributed by atoms with Crippen molar-refractivity contribution in [2.24, 2.45) is 0 Å². The number of nitrogens with one attached hydrogen (secondary N) is 1. The molecule has 0 saturated carbocycles. The van der Waals surface area contributed by atoms with Gasteiger partial charge in [-0.15, -0.1) is 0 Å². The minimum atomic E-state index is -0.241. The van der Waals surface area contributed by atoms with Crippen LogP contribution in [-0.2, 0) is 0 Å². The van der Waals surface area contributed by atoms with E-state index in [4.69, 9.17) is 0 Å². The summed E-state index contributed by atoms with van der Waals surface area (Å²) in [7, 11) is 0. The number of fused-ring (bicyclic) bond motifs is 1. The number of hydrogen-bond donors (Lipinski definition) is 1. The molecule has 2 unspecified atom stereocenters. The number of hydrogen-bond acceptors (Lipinski definition) is 3. The molecule has 2 atom stereocenters. The number of alkyl halides is 1. The maximum Gasteiger partial charge on any atom is 0.349 e. The molecule has 0 aliphatic rings. The van der Waals surface area contributed by atoms with Gasteiger partial charge in [0.05, 0.1) is 5.69 Å². The van der Waals surface area contributed by atoms with Crippen LogP contribution in [0.3, 0.4) is 0 Å². The molecule has 2 aromatic rings. The van der Waals surface area contributed by atoms with Crippen molar-refractivity contribution in [3.05, 3.63) is 28.1 Å². The van der Waals surface area contributed by atoms with E-state index in [9.17, 15) is 4.79 Å². The Morgan fingerprint density at radius 3 is 2.94 bits per heavy atom. The van der Waals surface area contributed by atoms with E-state index in [0.717, 1.165) is 12.1 Å². The molecule has 0 fully saturated rings. The fraction of sp³-hybridized carbons (Fsp3) is 0.545. The Labute approximate surface area is 107 Å². The van der Waals surface area contributed by atoms with E-state index in [1.807, 2.05) is 13.0 Å². The molecule has 2 aromatic heterocycles. The van der Waals surface area contributed by atoms with Crippen molar-refractivity contribution in [1.82, 2.24) is 19.6 Å². The topological polar surface area (TPSA) is 63.0 Å². The van der Waals surface area contributed by atoms with E-state index in [1.54, 1.807) is 0 Å². The second-order valence-electron chi connectivity index (χ2n) is 4.16. The first-order valence-electron chi connectivity index (χ1n) is 5.63. The molecule has 92 valence electrons. The zero-order valence-electron chi connectivity index (χ0n) is 10.1. The first-order valence-corrected chi connectivity index (χ1v) is 6.55. The Kier molecular flexibility index (Phi) is 3.33. The molecule has 0 aliphatic carbocycles. The van der Waals surface area contributed by atoms with E-state index in [1.165, 1.54) is 4.40 Å². The van der Waals surface area contributed by atoms with Crippen molar-refractivity contribution in [3.63, 3.8) is 0 Å². The maximum absolute atomic E-state index is 11.5. The number of aromatic nitrogens is 4. The van der Waals surface area contributed by atoms with Crippen LogP contribution < -0.4 is 5.69 Å². The molecular weight excluding hydrogens is 284 g/mol. The molecule has 17 heavy (non-hydrogen) atoms. The standard InChI is InChI=1S/C11H15BrN4O/c1-4-8(12)6(2)9-5-10-14-15-11(17)16(10)7(3)13-9/h5-6,8H,4H2,1-3H3,(H,15,17). The van der Waals surface area contributed by atoms with Gasteiger partial charge in [0.1, 0.15) is 5.82 Å². The number of aryl methyl sites for hydroxylation is 1. The highest BCUT2D eigenvalue weighted by Crippen LogP contribution is 2.25. The summed E-state index contributed by atoms with van der Waals surface area (Å²) in [5.74, 6) is 0.953. The molecule has 0 aliphatic heterocycles. The van der Waals surface area contributed by atoms with Crippen molar-refractivity contribution < 1.29 is 0 Å². The predicted molar refractivity (Wildman–Crippen MR) is 69.8 cm³/mol. The van der Waals surface area contributed by atoms with E-state index >= 15 is 0 Å². The van der Waals surface area contributed by atoms with Gasteiger partial charge in [0.2, 0.25) is 0 Å². The third kappa shape index (κ3) is 2.13. The molecule has 6 heteroatoms. The molecule has 2 rings (SSSR count). The Morgan fingerprint density at radius 2 is 2.29 bits per heavy atom. The molecular formula is C11H15BrN4O. The lowest BCUT2D eigenvalue weighted by molar-refractivity contribution is 0.667. The number of nitrogens with zero attached hydrogens (tertiary/aromatic N) is 3. The van der Waals surface area contributed by atoms with Crippen molar-refractivity contribution in [1.29, 1.82) is 0 Å². The molecule has 0 bridgehead atoms. The monoisotopic (exact) mass is 298 g/mol. The van der Waals surface area contributed by atoms with Gasteiger partial charge in [0.25, 0.3) is 0 Å². The molecule has 0 radical (unpaired) electrons. The third-order valence-electron chi connectivity index (χ3n) is 2.99. The van der Waals surface area contributed by atoms with Gasteiger partial charge in [-0.2, -0.15) is 5.10 Å². The lowest BCUT2D eigenvalue weighted by atomic mass is 10.0. The van der Waals surface area contributed by atoms with Crippen LogP contribution in [0.2, 0.25) is 0 Å². The first kappa shape index (κ1) is 12.3. The van der Waals surface area contributed by atoms with Gasteiger partial charge in [-0.25, -0.2) is 19.3 Å². The molecule has 0 amide bonds. The van der Waals surface area contributed by atoms with Gasteiger partial charge in [0.15, 0.2) is 5.65 Å². The van der Waals surface area contributed by atoms with Crippen molar-refractivity contribution in [2.75, 3.05) is 0 Å². The van der Waals surface area contributed by atoms with Gasteiger partial charge in [-0.1, -0.05) is 29.8 Å². The normalized spacial score (nSPS) is 15.1. The lowest BCUT2D eigenvalue weighted by Crippen LogP contribution is -2.16. The molecule has 0 saturated heterocycles. The van der Waals surface area contributed by atoms with Gasteiger partial charge in [-0.05, 0) is 13.3 Å². The third-order valence-corrected chi connectivity index (χ3v) is 4.43. The highest BCUT2D eigenvalue weighted by Gasteiger charge is 2.17. The Hall–Kier alpha value is -1.17. The van der Waals surface area contributed by atoms with E-state index in [0.29, 0.717) is 16.3 Å². The van der Waals surface area contributed by atoms with Crippen LogP contribution in [0.1, 0.15) is 37.7 Å². The summed E-state index contributed by atoms with van der Waals surface area (Å²) in [6.45, 7) is 6.06. The molecule has 5 nitrogen and oxygen atoms in total. The minimum absolute atomic E-state index is 0.241. The van der Waals surface area contributed by atoms with Crippen LogP contribution in [0.25, 0.3) is 5.65 Å². The smallest absolute Gasteiger partial charge is 0.246 e. The summed E-state index contributed by atoms with van der Waals surface area (Å²) in [4.78, 5) is 16.3. The summed E-state index contributed by atoms with van der Waals surface area (Å²) in [5, 5.41) is 6.41. The van der Waals surface area contributed by atoms with E-state index in [-0.39, 0.29) is 11.6 Å². The lowest BCUT2D eigenvalue weighted by Gasteiger charge is -2.16. The number of rotatable bonds is 3. The highest BCUT2D eigenvalue weighted by atomic mass is 79.9. The second kappa shape index (κ2) is 4.60. The fourth-order valence-electron chi connectivity index (χ4n) is 1.89. The van der Waals surface area contributed by atoms with Crippen molar-refractivity contribution in [2.45, 2.75) is 37.9 Å². The van der Waals surface area contributed by atoms with Gasteiger partial charge >= 0.3 is 5.69 Å². The van der Waals surface area contributed by atoms with Crippen LogP contribution in [0, 0.1) is 6.92 Å². The predicted octanol–water partition coefficient (Wildman–Crippen LogP) is 2.00. The number of halogens is 1. The first-order chi connectivity index (χ1) is 8.04. The highest BCUT2D eigenvalue weighted by molar-refractivity contribution is 9.09. The summed E-state index contributed by atoms with van der Waals surface area (Å²) in [6, 6.07) is 1.86.